The maximum Gasteiger partial charge on any atom is 0.257 e. The highest BCUT2D eigenvalue weighted by atomic mass is 16.5. The molecule has 1 aromatic heterocycles. The van der Waals surface area contributed by atoms with E-state index in [0.717, 1.165) is 25.1 Å². The number of anilines is 2. The van der Waals surface area contributed by atoms with E-state index in [1.54, 1.807) is 33.5 Å². The number of carbonyl (C=O) groups excluding carboxylic acids is 1. The van der Waals surface area contributed by atoms with Crippen molar-refractivity contribution in [3.63, 3.8) is 0 Å². The molecule has 7 nitrogen and oxygen atoms in total. The lowest BCUT2D eigenvalue weighted by Gasteiger charge is -2.34. The zero-order chi connectivity index (χ0) is 19.2. The number of carbonyl (C=O) groups is 1. The smallest absolute Gasteiger partial charge is 0.257 e. The standard InChI is InChI=1S/C20H26N4O3/c1-21-19-16(7-4-10-22-19)20(25)24-11-5-6-15(13-24)23-14-8-9-17(26-2)18(12-14)27-3/h4,7-10,12,15,23H,5-6,11,13H2,1-3H3,(H,21,22)/t15-/m0/s1. The predicted octanol–water partition coefficient (Wildman–Crippen LogP) is 2.86. The van der Waals surface area contributed by atoms with E-state index in [9.17, 15) is 4.79 Å². The Balaban J connectivity index is 1.70. The number of nitrogens with zero attached hydrogens (tertiary/aromatic N) is 2. The van der Waals surface area contributed by atoms with Crippen LogP contribution >= 0.6 is 0 Å². The molecule has 1 amide bonds. The fraction of sp³-hybridized carbons (Fsp3) is 0.400. The van der Waals surface area contributed by atoms with Crippen LogP contribution in [-0.2, 0) is 0 Å². The first-order valence-corrected chi connectivity index (χ1v) is 9.07. The molecule has 1 saturated heterocycles. The van der Waals surface area contributed by atoms with Gasteiger partial charge in [0.25, 0.3) is 5.91 Å². The number of ether oxygens (including phenoxy) is 2. The van der Waals surface area contributed by atoms with Gasteiger partial charge in [0.05, 0.1) is 19.8 Å². The fourth-order valence-electron chi connectivity index (χ4n) is 3.39. The molecule has 0 bridgehead atoms. The monoisotopic (exact) mass is 370 g/mol. The quantitative estimate of drug-likeness (QED) is 0.814. The van der Waals surface area contributed by atoms with E-state index in [2.05, 4.69) is 15.6 Å². The minimum absolute atomic E-state index is 0.00580. The molecule has 27 heavy (non-hydrogen) atoms. The van der Waals surface area contributed by atoms with E-state index in [-0.39, 0.29) is 11.9 Å². The van der Waals surface area contributed by atoms with Crippen molar-refractivity contribution in [1.82, 2.24) is 9.88 Å². The van der Waals surface area contributed by atoms with Gasteiger partial charge < -0.3 is 25.0 Å². The number of hydrogen-bond donors (Lipinski definition) is 2. The highest BCUT2D eigenvalue weighted by Crippen LogP contribution is 2.30. The summed E-state index contributed by atoms with van der Waals surface area (Å²) in [5, 5.41) is 6.50. The summed E-state index contributed by atoms with van der Waals surface area (Å²) in [6.45, 7) is 1.40. The van der Waals surface area contributed by atoms with Gasteiger partial charge in [0.15, 0.2) is 11.5 Å². The summed E-state index contributed by atoms with van der Waals surface area (Å²) in [5.74, 6) is 1.99. The maximum atomic E-state index is 12.9. The Hall–Kier alpha value is -2.96. The van der Waals surface area contributed by atoms with E-state index in [1.165, 1.54) is 0 Å². The highest BCUT2D eigenvalue weighted by Gasteiger charge is 2.26. The minimum atomic E-state index is 0.00580. The average molecular weight is 370 g/mol. The molecule has 2 aromatic rings. The molecule has 0 unspecified atom stereocenters. The number of amides is 1. The Kier molecular flexibility index (Phi) is 6.01. The first kappa shape index (κ1) is 18.8. The Morgan fingerprint density at radius 2 is 2.04 bits per heavy atom. The highest BCUT2D eigenvalue weighted by molar-refractivity contribution is 5.98. The van der Waals surface area contributed by atoms with Crippen LogP contribution in [0.25, 0.3) is 0 Å². The van der Waals surface area contributed by atoms with Crippen LogP contribution < -0.4 is 20.1 Å². The number of pyridine rings is 1. The molecule has 2 N–H and O–H groups in total. The van der Waals surface area contributed by atoms with Gasteiger partial charge in [0, 0.05) is 44.1 Å². The Morgan fingerprint density at radius 3 is 2.78 bits per heavy atom. The van der Waals surface area contributed by atoms with Gasteiger partial charge in [-0.3, -0.25) is 4.79 Å². The van der Waals surface area contributed by atoms with E-state index in [0.29, 0.717) is 29.4 Å². The predicted molar refractivity (Wildman–Crippen MR) is 106 cm³/mol. The number of nitrogens with one attached hydrogen (secondary N) is 2. The number of methoxy groups -OCH3 is 2. The second-order valence-corrected chi connectivity index (χ2v) is 6.45. The molecule has 0 saturated carbocycles. The topological polar surface area (TPSA) is 75.7 Å². The first-order chi connectivity index (χ1) is 13.2. The summed E-state index contributed by atoms with van der Waals surface area (Å²) < 4.78 is 10.6. The van der Waals surface area contributed by atoms with Crippen molar-refractivity contribution in [1.29, 1.82) is 0 Å². The lowest BCUT2D eigenvalue weighted by molar-refractivity contribution is 0.0715. The molecule has 2 heterocycles. The number of likely N-dealkylation sites (tertiary alicyclic amines) is 1. The van der Waals surface area contributed by atoms with E-state index in [4.69, 9.17) is 9.47 Å². The molecule has 1 fully saturated rings. The van der Waals surface area contributed by atoms with Crippen molar-refractivity contribution in [3.8, 4) is 11.5 Å². The number of aromatic nitrogens is 1. The summed E-state index contributed by atoms with van der Waals surface area (Å²) in [6.07, 6.45) is 3.64. The third-order valence-corrected chi connectivity index (χ3v) is 4.74. The van der Waals surface area contributed by atoms with Crippen LogP contribution in [0.2, 0.25) is 0 Å². The SMILES string of the molecule is CNc1ncccc1C(=O)N1CCC[C@H](Nc2ccc(OC)c(OC)c2)C1. The second-order valence-electron chi connectivity index (χ2n) is 6.45. The molecule has 0 aliphatic carbocycles. The summed E-state index contributed by atoms with van der Waals surface area (Å²) >= 11 is 0. The van der Waals surface area contributed by atoms with Crippen LogP contribution in [0, 0.1) is 0 Å². The van der Waals surface area contributed by atoms with Crippen molar-refractivity contribution in [2.24, 2.45) is 0 Å². The van der Waals surface area contributed by atoms with Crippen LogP contribution in [0.1, 0.15) is 23.2 Å². The maximum absolute atomic E-state index is 12.9. The van der Waals surface area contributed by atoms with E-state index < -0.39 is 0 Å². The van der Waals surface area contributed by atoms with Crippen molar-refractivity contribution in [3.05, 3.63) is 42.1 Å². The van der Waals surface area contributed by atoms with Crippen LogP contribution in [-0.4, -0.2) is 56.2 Å². The van der Waals surface area contributed by atoms with Gasteiger partial charge in [-0.25, -0.2) is 4.98 Å². The van der Waals surface area contributed by atoms with E-state index >= 15 is 0 Å². The fourth-order valence-corrected chi connectivity index (χ4v) is 3.39. The van der Waals surface area contributed by atoms with Gasteiger partial charge in [0.2, 0.25) is 0 Å². The van der Waals surface area contributed by atoms with Crippen molar-refractivity contribution in [2.45, 2.75) is 18.9 Å². The molecule has 3 rings (SSSR count). The van der Waals surface area contributed by atoms with Crippen molar-refractivity contribution >= 4 is 17.4 Å². The number of rotatable bonds is 6. The van der Waals surface area contributed by atoms with Gasteiger partial charge in [-0.2, -0.15) is 0 Å². The normalized spacial score (nSPS) is 16.6. The molecule has 144 valence electrons. The van der Waals surface area contributed by atoms with Crippen molar-refractivity contribution < 1.29 is 14.3 Å². The zero-order valence-corrected chi connectivity index (χ0v) is 16.0. The Bertz CT molecular complexity index is 797. The molecule has 1 aliphatic rings. The molecule has 0 spiro atoms. The molecule has 1 aliphatic heterocycles. The largest absolute Gasteiger partial charge is 0.493 e. The molecule has 0 radical (unpaired) electrons. The van der Waals surface area contributed by atoms with Crippen LogP contribution in [0.15, 0.2) is 36.5 Å². The van der Waals surface area contributed by atoms with Gasteiger partial charge in [-0.05, 0) is 37.1 Å². The molecular formula is C20H26N4O3. The summed E-state index contributed by atoms with van der Waals surface area (Å²) in [5.41, 5.74) is 1.55. The molecule has 1 aromatic carbocycles. The minimum Gasteiger partial charge on any atom is -0.493 e. The number of benzene rings is 1. The van der Waals surface area contributed by atoms with E-state index in [1.807, 2.05) is 29.2 Å². The third-order valence-electron chi connectivity index (χ3n) is 4.74. The summed E-state index contributed by atoms with van der Waals surface area (Å²) in [4.78, 5) is 19.1. The lowest BCUT2D eigenvalue weighted by atomic mass is 10.0. The van der Waals surface area contributed by atoms with Gasteiger partial charge in [-0.15, -0.1) is 0 Å². The van der Waals surface area contributed by atoms with Crippen LogP contribution in [0.4, 0.5) is 11.5 Å². The Morgan fingerprint density at radius 1 is 1.22 bits per heavy atom. The Labute approximate surface area is 159 Å². The van der Waals surface area contributed by atoms with Gasteiger partial charge >= 0.3 is 0 Å². The van der Waals surface area contributed by atoms with Gasteiger partial charge in [0.1, 0.15) is 5.82 Å². The number of piperidine rings is 1. The van der Waals surface area contributed by atoms with Gasteiger partial charge in [-0.1, -0.05) is 0 Å². The lowest BCUT2D eigenvalue weighted by Crippen LogP contribution is -2.45. The summed E-state index contributed by atoms with van der Waals surface area (Å²) in [6, 6.07) is 9.53. The van der Waals surface area contributed by atoms with Crippen LogP contribution in [0.5, 0.6) is 11.5 Å². The second kappa shape index (κ2) is 8.62. The van der Waals surface area contributed by atoms with Crippen molar-refractivity contribution in [2.75, 3.05) is 45.0 Å². The third kappa shape index (κ3) is 4.24. The zero-order valence-electron chi connectivity index (χ0n) is 16.0. The summed E-state index contributed by atoms with van der Waals surface area (Å²) in [7, 11) is 5.01. The molecule has 7 heteroatoms. The number of hydrogen-bond acceptors (Lipinski definition) is 6. The molecule has 1 atom stereocenters. The average Bonchev–Trinajstić information content (AvgIpc) is 2.73. The first-order valence-electron chi connectivity index (χ1n) is 9.07. The van der Waals surface area contributed by atoms with Crippen LogP contribution in [0.3, 0.4) is 0 Å². The molecular weight excluding hydrogens is 344 g/mol.